The predicted octanol–water partition coefficient (Wildman–Crippen LogP) is 3.03. The number of pyridine rings is 1. The van der Waals surface area contributed by atoms with Gasteiger partial charge in [-0.25, -0.2) is 9.97 Å². The number of aliphatic hydroxyl groups is 1. The minimum Gasteiger partial charge on any atom is -0.472 e. The van der Waals surface area contributed by atoms with Gasteiger partial charge in [0.25, 0.3) is 11.8 Å². The van der Waals surface area contributed by atoms with Gasteiger partial charge in [0.2, 0.25) is 5.88 Å². The Labute approximate surface area is 216 Å². The van der Waals surface area contributed by atoms with Crippen molar-refractivity contribution in [2.75, 3.05) is 26.7 Å². The first-order valence-electron chi connectivity index (χ1n) is 12.2. The van der Waals surface area contributed by atoms with Crippen LogP contribution in [0.3, 0.4) is 0 Å². The highest BCUT2D eigenvalue weighted by atomic mass is 16.5. The van der Waals surface area contributed by atoms with E-state index in [0.717, 1.165) is 11.1 Å². The first kappa shape index (κ1) is 26.0. The molecule has 0 unspecified atom stereocenters. The molecule has 0 fully saturated rings. The highest BCUT2D eigenvalue weighted by Crippen LogP contribution is 2.28. The van der Waals surface area contributed by atoms with Crippen LogP contribution in [0, 0.1) is 5.92 Å². The number of aromatic nitrogens is 3. The monoisotopic (exact) mass is 501 g/mol. The van der Waals surface area contributed by atoms with Crippen molar-refractivity contribution < 1.29 is 19.4 Å². The fraction of sp³-hybridized carbons (Fsp3) is 0.321. The highest BCUT2D eigenvalue weighted by Gasteiger charge is 2.34. The third-order valence-corrected chi connectivity index (χ3v) is 6.39. The molecule has 2 aromatic heterocycles. The first-order chi connectivity index (χ1) is 17.9. The molecule has 4 rings (SSSR count). The van der Waals surface area contributed by atoms with E-state index in [1.54, 1.807) is 31.1 Å². The molecule has 1 aliphatic heterocycles. The Kier molecular flexibility index (Phi) is 8.25. The Balaban J connectivity index is 1.64. The van der Waals surface area contributed by atoms with Crippen molar-refractivity contribution in [3.63, 3.8) is 0 Å². The lowest BCUT2D eigenvalue weighted by Crippen LogP contribution is -2.50. The number of amides is 2. The second-order valence-corrected chi connectivity index (χ2v) is 9.26. The van der Waals surface area contributed by atoms with Crippen LogP contribution < -0.4 is 4.74 Å². The average molecular weight is 502 g/mol. The molecule has 2 amide bonds. The van der Waals surface area contributed by atoms with Crippen molar-refractivity contribution in [2.45, 2.75) is 26.0 Å². The van der Waals surface area contributed by atoms with Crippen LogP contribution in [0.25, 0.3) is 12.2 Å². The lowest BCUT2D eigenvalue weighted by molar-refractivity contribution is 0.0312. The summed E-state index contributed by atoms with van der Waals surface area (Å²) in [7, 11) is 1.68. The molecule has 0 bridgehead atoms. The molecule has 0 aliphatic carbocycles. The number of fused-ring (bicyclic) bond motifs is 1. The van der Waals surface area contributed by atoms with E-state index in [-0.39, 0.29) is 42.5 Å². The fourth-order valence-electron chi connectivity index (χ4n) is 4.14. The largest absolute Gasteiger partial charge is 0.472 e. The van der Waals surface area contributed by atoms with Crippen molar-refractivity contribution in [2.24, 2.45) is 5.92 Å². The van der Waals surface area contributed by atoms with Crippen LogP contribution >= 0.6 is 0 Å². The molecular formula is C28H31N5O4. The molecule has 1 aromatic carbocycles. The molecule has 9 nitrogen and oxygen atoms in total. The normalized spacial score (nSPS) is 18.5. The van der Waals surface area contributed by atoms with Crippen LogP contribution in [0.15, 0.2) is 61.2 Å². The summed E-state index contributed by atoms with van der Waals surface area (Å²) in [5.74, 6) is -0.484. The number of carbonyl (C=O) groups is 2. The van der Waals surface area contributed by atoms with Crippen molar-refractivity contribution in [3.8, 4) is 5.88 Å². The van der Waals surface area contributed by atoms with E-state index >= 15 is 0 Å². The molecule has 1 aliphatic rings. The van der Waals surface area contributed by atoms with Crippen LogP contribution in [0.4, 0.5) is 0 Å². The topological polar surface area (TPSA) is 109 Å². The average Bonchev–Trinajstić information content (AvgIpc) is 2.94. The molecule has 0 saturated heterocycles. The molecule has 192 valence electrons. The molecule has 9 heteroatoms. The summed E-state index contributed by atoms with van der Waals surface area (Å²) >= 11 is 0. The fourth-order valence-corrected chi connectivity index (χ4v) is 4.14. The number of benzene rings is 1. The van der Waals surface area contributed by atoms with Gasteiger partial charge in [0.05, 0.1) is 25.4 Å². The number of likely N-dealkylation sites (N-methyl/N-ethyl adjacent to an activating group) is 1. The van der Waals surface area contributed by atoms with Crippen LogP contribution in [-0.2, 0) is 0 Å². The SMILES string of the molecule is C[C@H](CO)N1C[C@H](C)[C@H](CN(C)C(=O)c2cnccn2)Oc2ncc(/C=C/c3ccccc3)cc2C1=O. The maximum atomic E-state index is 13.6. The molecule has 1 N–H and O–H groups in total. The summed E-state index contributed by atoms with van der Waals surface area (Å²) in [6.45, 7) is 4.19. The maximum Gasteiger partial charge on any atom is 0.273 e. The minimum absolute atomic E-state index is 0.150. The summed E-state index contributed by atoms with van der Waals surface area (Å²) in [5.41, 5.74) is 2.33. The standard InChI is InChI=1S/C28H31N5O4/c1-19-16-33(20(2)18-34)27(35)23-13-22(10-9-21-7-5-4-6-8-21)14-31-26(23)37-25(19)17-32(3)28(36)24-15-29-11-12-30-24/h4-15,19-20,25,34H,16-18H2,1-3H3/b10-9+/t19-,20+,25-/m0/s1. The van der Waals surface area contributed by atoms with E-state index < -0.39 is 12.1 Å². The zero-order valence-corrected chi connectivity index (χ0v) is 21.2. The summed E-state index contributed by atoms with van der Waals surface area (Å²) in [5, 5.41) is 9.86. The minimum atomic E-state index is -0.455. The molecule has 37 heavy (non-hydrogen) atoms. The van der Waals surface area contributed by atoms with Gasteiger partial charge < -0.3 is 19.6 Å². The van der Waals surface area contributed by atoms with Gasteiger partial charge in [-0.05, 0) is 24.1 Å². The Morgan fingerprint density at radius 2 is 1.95 bits per heavy atom. The van der Waals surface area contributed by atoms with Crippen LogP contribution in [-0.4, -0.2) is 80.6 Å². The lowest BCUT2D eigenvalue weighted by Gasteiger charge is -2.37. The molecule has 3 atom stereocenters. The second kappa shape index (κ2) is 11.7. The molecule has 0 spiro atoms. The second-order valence-electron chi connectivity index (χ2n) is 9.26. The van der Waals surface area contributed by atoms with Gasteiger partial charge in [0, 0.05) is 38.1 Å². The van der Waals surface area contributed by atoms with Crippen LogP contribution in [0.2, 0.25) is 0 Å². The Hall–Kier alpha value is -4.11. The highest BCUT2D eigenvalue weighted by molar-refractivity contribution is 5.97. The quantitative estimate of drug-likeness (QED) is 0.530. The lowest BCUT2D eigenvalue weighted by atomic mass is 9.99. The van der Waals surface area contributed by atoms with E-state index in [1.807, 2.05) is 49.4 Å². The van der Waals surface area contributed by atoms with Crippen molar-refractivity contribution in [3.05, 3.63) is 83.6 Å². The van der Waals surface area contributed by atoms with Gasteiger partial charge in [0.1, 0.15) is 17.4 Å². The van der Waals surface area contributed by atoms with E-state index in [0.29, 0.717) is 12.1 Å². The predicted molar refractivity (Wildman–Crippen MR) is 140 cm³/mol. The Bertz CT molecular complexity index is 1250. The number of nitrogens with zero attached hydrogens (tertiary/aromatic N) is 5. The number of hydrogen-bond donors (Lipinski definition) is 1. The van der Waals surface area contributed by atoms with Crippen molar-refractivity contribution in [1.29, 1.82) is 0 Å². The summed E-state index contributed by atoms with van der Waals surface area (Å²) in [4.78, 5) is 42.2. The van der Waals surface area contributed by atoms with Gasteiger partial charge in [0.15, 0.2) is 0 Å². The van der Waals surface area contributed by atoms with Gasteiger partial charge in [-0.1, -0.05) is 49.4 Å². The van der Waals surface area contributed by atoms with E-state index in [2.05, 4.69) is 15.0 Å². The number of aliphatic hydroxyl groups excluding tert-OH is 1. The van der Waals surface area contributed by atoms with Gasteiger partial charge in [-0.15, -0.1) is 0 Å². The number of hydrogen-bond acceptors (Lipinski definition) is 7. The number of rotatable bonds is 7. The van der Waals surface area contributed by atoms with Crippen LogP contribution in [0.1, 0.15) is 45.8 Å². The van der Waals surface area contributed by atoms with E-state index in [9.17, 15) is 14.7 Å². The zero-order valence-electron chi connectivity index (χ0n) is 21.2. The molecular weight excluding hydrogens is 470 g/mol. The molecule has 3 heterocycles. The molecule has 3 aromatic rings. The van der Waals surface area contributed by atoms with Crippen molar-refractivity contribution >= 4 is 24.0 Å². The first-order valence-corrected chi connectivity index (χ1v) is 12.2. The van der Waals surface area contributed by atoms with E-state index in [1.165, 1.54) is 23.5 Å². The number of carbonyl (C=O) groups excluding carboxylic acids is 2. The van der Waals surface area contributed by atoms with Crippen LogP contribution in [0.5, 0.6) is 5.88 Å². The van der Waals surface area contributed by atoms with Gasteiger partial charge >= 0.3 is 0 Å². The van der Waals surface area contributed by atoms with Gasteiger partial charge in [-0.3, -0.25) is 14.6 Å². The van der Waals surface area contributed by atoms with Crippen molar-refractivity contribution in [1.82, 2.24) is 24.8 Å². The third kappa shape index (κ3) is 6.18. The smallest absolute Gasteiger partial charge is 0.273 e. The third-order valence-electron chi connectivity index (χ3n) is 6.39. The Morgan fingerprint density at radius 1 is 1.19 bits per heavy atom. The summed E-state index contributed by atoms with van der Waals surface area (Å²) < 4.78 is 6.28. The molecule has 0 radical (unpaired) electrons. The summed E-state index contributed by atoms with van der Waals surface area (Å²) in [6, 6.07) is 11.2. The maximum absolute atomic E-state index is 13.6. The Morgan fingerprint density at radius 3 is 2.65 bits per heavy atom. The van der Waals surface area contributed by atoms with Gasteiger partial charge in [-0.2, -0.15) is 0 Å². The zero-order chi connectivity index (χ0) is 26.4. The number of ether oxygens (including phenoxy) is 1. The summed E-state index contributed by atoms with van der Waals surface area (Å²) in [6.07, 6.45) is 9.45. The molecule has 0 saturated carbocycles. The van der Waals surface area contributed by atoms with E-state index in [4.69, 9.17) is 4.74 Å².